The molecule has 0 saturated heterocycles. The van der Waals surface area contributed by atoms with Crippen molar-refractivity contribution in [2.75, 3.05) is 4.72 Å². The fourth-order valence-corrected chi connectivity index (χ4v) is 4.14. The SMILES string of the molecule is Cc1ccc(S(=O)(=O)Nc2ccccc2C(=O)Oc2ccc3ccccc3c2)cc1. The molecule has 0 aliphatic heterocycles. The van der Waals surface area contributed by atoms with Crippen molar-refractivity contribution in [1.29, 1.82) is 0 Å². The van der Waals surface area contributed by atoms with Gasteiger partial charge in [-0.15, -0.1) is 0 Å². The molecule has 0 unspecified atom stereocenters. The van der Waals surface area contributed by atoms with Crippen LogP contribution in [0.25, 0.3) is 10.8 Å². The highest BCUT2D eigenvalue weighted by Crippen LogP contribution is 2.24. The summed E-state index contributed by atoms with van der Waals surface area (Å²) in [6, 6.07) is 25.9. The number of ether oxygens (including phenoxy) is 1. The third-order valence-corrected chi connectivity index (χ3v) is 6.04. The summed E-state index contributed by atoms with van der Waals surface area (Å²) in [6.07, 6.45) is 0. The van der Waals surface area contributed by atoms with E-state index < -0.39 is 16.0 Å². The molecule has 0 aromatic heterocycles. The van der Waals surface area contributed by atoms with Crippen LogP contribution in [0.3, 0.4) is 0 Å². The number of sulfonamides is 1. The zero-order valence-electron chi connectivity index (χ0n) is 16.2. The fourth-order valence-electron chi connectivity index (χ4n) is 3.06. The van der Waals surface area contributed by atoms with Gasteiger partial charge in [0.1, 0.15) is 5.75 Å². The van der Waals surface area contributed by atoms with Crippen LogP contribution in [0.1, 0.15) is 15.9 Å². The number of nitrogens with one attached hydrogen (secondary N) is 1. The Labute approximate surface area is 175 Å². The van der Waals surface area contributed by atoms with Gasteiger partial charge in [-0.2, -0.15) is 0 Å². The van der Waals surface area contributed by atoms with E-state index in [1.807, 2.05) is 37.3 Å². The van der Waals surface area contributed by atoms with Crippen LogP contribution in [0.2, 0.25) is 0 Å². The summed E-state index contributed by atoms with van der Waals surface area (Å²) in [7, 11) is -3.85. The maximum Gasteiger partial charge on any atom is 0.345 e. The average molecular weight is 417 g/mol. The number of aryl methyl sites for hydroxylation is 1. The van der Waals surface area contributed by atoms with Gasteiger partial charge in [-0.05, 0) is 54.1 Å². The van der Waals surface area contributed by atoms with E-state index in [1.165, 1.54) is 24.3 Å². The van der Waals surface area contributed by atoms with Crippen molar-refractivity contribution in [3.8, 4) is 5.75 Å². The topological polar surface area (TPSA) is 72.5 Å². The van der Waals surface area contributed by atoms with Crippen LogP contribution in [-0.4, -0.2) is 14.4 Å². The summed E-state index contributed by atoms with van der Waals surface area (Å²) in [5, 5.41) is 1.97. The van der Waals surface area contributed by atoms with E-state index >= 15 is 0 Å². The number of hydrogen-bond acceptors (Lipinski definition) is 4. The molecule has 0 heterocycles. The smallest absolute Gasteiger partial charge is 0.345 e. The molecule has 0 spiro atoms. The van der Waals surface area contributed by atoms with E-state index in [2.05, 4.69) is 4.72 Å². The maximum absolute atomic E-state index is 12.8. The van der Waals surface area contributed by atoms with Gasteiger partial charge in [-0.3, -0.25) is 4.72 Å². The van der Waals surface area contributed by atoms with Gasteiger partial charge in [0.15, 0.2) is 0 Å². The van der Waals surface area contributed by atoms with Crippen molar-refractivity contribution in [2.45, 2.75) is 11.8 Å². The number of hydrogen-bond donors (Lipinski definition) is 1. The van der Waals surface area contributed by atoms with Crippen molar-refractivity contribution in [3.63, 3.8) is 0 Å². The normalized spacial score (nSPS) is 11.2. The quantitative estimate of drug-likeness (QED) is 0.359. The average Bonchev–Trinajstić information content (AvgIpc) is 2.74. The summed E-state index contributed by atoms with van der Waals surface area (Å²) >= 11 is 0. The number of esters is 1. The molecule has 150 valence electrons. The number of rotatable bonds is 5. The molecule has 0 saturated carbocycles. The molecule has 0 bridgehead atoms. The predicted octanol–water partition coefficient (Wildman–Crippen LogP) is 5.17. The standard InChI is InChI=1S/C24H19NO4S/c1-17-10-14-21(15-11-17)30(27,28)25-23-9-5-4-8-22(23)24(26)29-20-13-12-18-6-2-3-7-19(18)16-20/h2-16,25H,1H3. The molecule has 0 fully saturated rings. The van der Waals surface area contributed by atoms with E-state index in [1.54, 1.807) is 36.4 Å². The van der Waals surface area contributed by atoms with E-state index in [0.29, 0.717) is 5.75 Å². The second-order valence-corrected chi connectivity index (χ2v) is 8.55. The number of carbonyl (C=O) groups is 1. The minimum absolute atomic E-state index is 0.116. The number of carbonyl (C=O) groups excluding carboxylic acids is 1. The van der Waals surface area contributed by atoms with E-state index in [0.717, 1.165) is 16.3 Å². The van der Waals surface area contributed by atoms with E-state index in [-0.39, 0.29) is 16.1 Å². The molecule has 1 N–H and O–H groups in total. The number of benzene rings is 4. The minimum atomic E-state index is -3.85. The van der Waals surface area contributed by atoms with Gasteiger partial charge in [0.25, 0.3) is 10.0 Å². The molecule has 0 aliphatic rings. The zero-order valence-corrected chi connectivity index (χ0v) is 17.0. The molecule has 5 nitrogen and oxygen atoms in total. The summed E-state index contributed by atoms with van der Waals surface area (Å²) in [4.78, 5) is 12.9. The van der Waals surface area contributed by atoms with Crippen LogP contribution in [0.15, 0.2) is 95.9 Å². The minimum Gasteiger partial charge on any atom is -0.423 e. The van der Waals surface area contributed by atoms with Crippen molar-refractivity contribution >= 4 is 32.5 Å². The lowest BCUT2D eigenvalue weighted by molar-refractivity contribution is 0.0736. The predicted molar refractivity (Wildman–Crippen MR) is 117 cm³/mol. The van der Waals surface area contributed by atoms with Crippen molar-refractivity contribution in [1.82, 2.24) is 0 Å². The van der Waals surface area contributed by atoms with Gasteiger partial charge in [0.2, 0.25) is 0 Å². The first-order valence-electron chi connectivity index (χ1n) is 9.32. The number of anilines is 1. The van der Waals surface area contributed by atoms with Gasteiger partial charge >= 0.3 is 5.97 Å². The Morgan fingerprint density at radius 3 is 2.23 bits per heavy atom. The first-order valence-corrected chi connectivity index (χ1v) is 10.8. The number of fused-ring (bicyclic) bond motifs is 1. The molecular weight excluding hydrogens is 398 g/mol. The molecular formula is C24H19NO4S. The van der Waals surface area contributed by atoms with E-state index in [9.17, 15) is 13.2 Å². The summed E-state index contributed by atoms with van der Waals surface area (Å²) in [5.74, 6) is -0.262. The Morgan fingerprint density at radius 1 is 0.800 bits per heavy atom. The van der Waals surface area contributed by atoms with Crippen molar-refractivity contribution in [3.05, 3.63) is 102 Å². The molecule has 4 aromatic carbocycles. The van der Waals surface area contributed by atoms with Crippen molar-refractivity contribution < 1.29 is 17.9 Å². The largest absolute Gasteiger partial charge is 0.423 e. The van der Waals surface area contributed by atoms with Gasteiger partial charge in [0.05, 0.1) is 16.1 Å². The van der Waals surface area contributed by atoms with Gasteiger partial charge in [-0.1, -0.05) is 60.2 Å². The molecule has 0 amide bonds. The molecule has 4 rings (SSSR count). The van der Waals surface area contributed by atoms with Crippen LogP contribution in [0.5, 0.6) is 5.75 Å². The van der Waals surface area contributed by atoms with E-state index in [4.69, 9.17) is 4.74 Å². The Hall–Kier alpha value is -3.64. The Morgan fingerprint density at radius 2 is 1.47 bits per heavy atom. The lowest BCUT2D eigenvalue weighted by Gasteiger charge is -2.12. The van der Waals surface area contributed by atoms with Gasteiger partial charge < -0.3 is 4.74 Å². The first-order chi connectivity index (χ1) is 14.4. The third kappa shape index (κ3) is 4.18. The van der Waals surface area contributed by atoms with Crippen LogP contribution in [0.4, 0.5) is 5.69 Å². The second-order valence-electron chi connectivity index (χ2n) is 6.86. The first kappa shape index (κ1) is 19.7. The highest BCUT2D eigenvalue weighted by molar-refractivity contribution is 7.92. The molecule has 0 radical (unpaired) electrons. The van der Waals surface area contributed by atoms with Crippen LogP contribution in [0, 0.1) is 6.92 Å². The molecule has 0 atom stereocenters. The highest BCUT2D eigenvalue weighted by atomic mass is 32.2. The van der Waals surface area contributed by atoms with Crippen LogP contribution >= 0.6 is 0 Å². The van der Waals surface area contributed by atoms with Gasteiger partial charge in [-0.25, -0.2) is 13.2 Å². The lowest BCUT2D eigenvalue weighted by atomic mass is 10.1. The monoisotopic (exact) mass is 417 g/mol. The van der Waals surface area contributed by atoms with Crippen molar-refractivity contribution in [2.24, 2.45) is 0 Å². The summed E-state index contributed by atoms with van der Waals surface area (Å²) in [5.41, 5.74) is 1.23. The lowest BCUT2D eigenvalue weighted by Crippen LogP contribution is -2.17. The molecule has 0 aliphatic carbocycles. The second kappa shape index (κ2) is 8.00. The summed E-state index contributed by atoms with van der Waals surface area (Å²) in [6.45, 7) is 1.88. The number of para-hydroxylation sites is 1. The van der Waals surface area contributed by atoms with Gasteiger partial charge in [0, 0.05) is 0 Å². The Bertz CT molecular complexity index is 1330. The molecule has 30 heavy (non-hydrogen) atoms. The maximum atomic E-state index is 12.8. The van der Waals surface area contributed by atoms with Crippen LogP contribution < -0.4 is 9.46 Å². The molecule has 6 heteroatoms. The zero-order chi connectivity index (χ0) is 21.1. The fraction of sp³-hybridized carbons (Fsp3) is 0.0417. The molecule has 4 aromatic rings. The third-order valence-electron chi connectivity index (χ3n) is 4.65. The summed E-state index contributed by atoms with van der Waals surface area (Å²) < 4.78 is 33.5. The van der Waals surface area contributed by atoms with Crippen LogP contribution in [-0.2, 0) is 10.0 Å². The Balaban J connectivity index is 1.60. The highest BCUT2D eigenvalue weighted by Gasteiger charge is 2.19. The Kier molecular flexibility index (Phi) is 5.25.